The minimum Gasteiger partial charge on any atom is -0.449 e. The van der Waals surface area contributed by atoms with Crippen molar-refractivity contribution in [3.05, 3.63) is 35.9 Å². The van der Waals surface area contributed by atoms with Crippen LogP contribution in [0.5, 0.6) is 0 Å². The molecule has 1 amide bonds. The Balaban J connectivity index is 2.00. The second-order valence-corrected chi connectivity index (χ2v) is 9.26. The summed E-state index contributed by atoms with van der Waals surface area (Å²) in [5.74, 6) is -0.926. The van der Waals surface area contributed by atoms with Gasteiger partial charge in [0.2, 0.25) is 0 Å². The van der Waals surface area contributed by atoms with Crippen LogP contribution in [0.3, 0.4) is 0 Å². The number of benzene rings is 1. The fourth-order valence-corrected chi connectivity index (χ4v) is 5.78. The predicted molar refractivity (Wildman–Crippen MR) is 118 cm³/mol. The fourth-order valence-electron chi connectivity index (χ4n) is 3.82. The maximum Gasteiger partial charge on any atom is 0.415 e. The van der Waals surface area contributed by atoms with Crippen LogP contribution in [0.15, 0.2) is 30.3 Å². The zero-order valence-electron chi connectivity index (χ0n) is 18.5. The van der Waals surface area contributed by atoms with E-state index in [0.29, 0.717) is 31.7 Å². The number of para-hydroxylation sites is 1. The molecule has 0 aromatic heterocycles. The summed E-state index contributed by atoms with van der Waals surface area (Å²) in [6, 6.07) is 7.51. The zero-order chi connectivity index (χ0) is 22.3. The van der Waals surface area contributed by atoms with Crippen LogP contribution in [0.2, 0.25) is 0 Å². The molecule has 1 aromatic rings. The fraction of sp³-hybridized carbons (Fsp3) is 0.591. The quantitative estimate of drug-likeness (QED) is 0.476. The van der Waals surface area contributed by atoms with Crippen LogP contribution < -0.4 is 4.90 Å². The van der Waals surface area contributed by atoms with Crippen molar-refractivity contribution in [3.8, 4) is 0 Å². The van der Waals surface area contributed by atoms with Gasteiger partial charge < -0.3 is 23.3 Å². The van der Waals surface area contributed by atoms with Crippen LogP contribution in [-0.4, -0.2) is 51.2 Å². The molecule has 2 heterocycles. The van der Waals surface area contributed by atoms with Crippen molar-refractivity contribution in [2.45, 2.75) is 52.1 Å². The first kappa shape index (κ1) is 24.0. The van der Waals surface area contributed by atoms with Gasteiger partial charge in [-0.15, -0.1) is 0 Å². The summed E-state index contributed by atoms with van der Waals surface area (Å²) in [4.78, 5) is 14.3. The Morgan fingerprint density at radius 3 is 2.42 bits per heavy atom. The summed E-state index contributed by atoms with van der Waals surface area (Å²) in [6.07, 6.45) is 3.13. The van der Waals surface area contributed by atoms with E-state index in [1.165, 1.54) is 4.90 Å². The van der Waals surface area contributed by atoms with Crippen LogP contribution in [-0.2, 0) is 27.8 Å². The molecule has 0 spiro atoms. The van der Waals surface area contributed by atoms with Gasteiger partial charge in [-0.25, -0.2) is 4.79 Å². The van der Waals surface area contributed by atoms with Gasteiger partial charge in [-0.1, -0.05) is 18.2 Å². The molecular formula is C22H32NO7P. The van der Waals surface area contributed by atoms with Crippen molar-refractivity contribution in [1.29, 1.82) is 0 Å². The van der Waals surface area contributed by atoms with Crippen LogP contribution in [0.25, 0.3) is 5.57 Å². The highest BCUT2D eigenvalue weighted by molar-refractivity contribution is 7.55. The molecule has 9 heteroatoms. The lowest BCUT2D eigenvalue weighted by Crippen LogP contribution is -2.43. The lowest BCUT2D eigenvalue weighted by molar-refractivity contribution is -0.180. The second kappa shape index (κ2) is 11.2. The maximum absolute atomic E-state index is 13.8. The Bertz CT molecular complexity index is 812. The molecular weight excluding hydrogens is 421 g/mol. The van der Waals surface area contributed by atoms with Gasteiger partial charge >= 0.3 is 13.7 Å². The van der Waals surface area contributed by atoms with E-state index in [9.17, 15) is 9.36 Å². The summed E-state index contributed by atoms with van der Waals surface area (Å²) >= 11 is 0. The molecule has 0 radical (unpaired) electrons. The van der Waals surface area contributed by atoms with Crippen molar-refractivity contribution < 1.29 is 32.6 Å². The number of amides is 1. The minimum atomic E-state index is -3.69. The highest BCUT2D eigenvalue weighted by atomic mass is 31.2. The Morgan fingerprint density at radius 1 is 1.10 bits per heavy atom. The van der Waals surface area contributed by atoms with E-state index in [1.807, 2.05) is 30.3 Å². The monoisotopic (exact) mass is 453 g/mol. The lowest BCUT2D eigenvalue weighted by atomic mass is 9.95. The average molecular weight is 453 g/mol. The predicted octanol–water partition coefficient (Wildman–Crippen LogP) is 5.18. The molecule has 8 nitrogen and oxygen atoms in total. The minimum absolute atomic E-state index is 0.193. The van der Waals surface area contributed by atoms with Crippen LogP contribution >= 0.6 is 7.60 Å². The van der Waals surface area contributed by atoms with Crippen LogP contribution in [0.4, 0.5) is 10.5 Å². The Labute approximate surface area is 184 Å². The number of hydrogen-bond acceptors (Lipinski definition) is 7. The van der Waals surface area contributed by atoms with Gasteiger partial charge in [-0.3, -0.25) is 9.46 Å². The van der Waals surface area contributed by atoms with Gasteiger partial charge in [0, 0.05) is 12.0 Å². The molecule has 1 atom stereocenters. The van der Waals surface area contributed by atoms with Gasteiger partial charge in [0.25, 0.3) is 0 Å². The number of fused-ring (bicyclic) bond motifs is 1. The first-order valence-electron chi connectivity index (χ1n) is 10.9. The standard InChI is InChI=1S/C22H32NO7P/c1-4-26-22(24)23-19-11-8-7-10-18(19)17(12-13-21-27-14-9-15-28-21)16-20(23)31(25,29-5-2)30-6-3/h7-8,10-11,16,20-21H,4-6,9,12-15H2,1-3H3. The molecule has 31 heavy (non-hydrogen) atoms. The molecule has 0 N–H and O–H groups in total. The van der Waals surface area contributed by atoms with Crippen molar-refractivity contribution in [2.75, 3.05) is 37.9 Å². The van der Waals surface area contributed by atoms with E-state index in [4.69, 9.17) is 23.3 Å². The summed E-state index contributed by atoms with van der Waals surface area (Å²) in [6.45, 7) is 7.19. The topological polar surface area (TPSA) is 83.5 Å². The van der Waals surface area contributed by atoms with Gasteiger partial charge in [-0.05, 0) is 51.3 Å². The molecule has 0 aliphatic carbocycles. The summed E-state index contributed by atoms with van der Waals surface area (Å²) < 4.78 is 41.7. The molecule has 3 rings (SSSR count). The molecule has 0 bridgehead atoms. The van der Waals surface area contributed by atoms with Gasteiger partial charge in [0.1, 0.15) is 0 Å². The highest BCUT2D eigenvalue weighted by Gasteiger charge is 2.45. The van der Waals surface area contributed by atoms with Crippen LogP contribution in [0, 0.1) is 0 Å². The molecule has 1 unspecified atom stereocenters. The molecule has 1 saturated heterocycles. The molecule has 1 fully saturated rings. The molecule has 0 saturated carbocycles. The summed E-state index contributed by atoms with van der Waals surface area (Å²) in [7, 11) is -3.69. The number of carbonyl (C=O) groups is 1. The van der Waals surface area contributed by atoms with E-state index in [0.717, 1.165) is 17.6 Å². The summed E-state index contributed by atoms with van der Waals surface area (Å²) in [5, 5.41) is 0. The zero-order valence-corrected chi connectivity index (χ0v) is 19.3. The first-order chi connectivity index (χ1) is 15.0. The molecule has 1 aromatic carbocycles. The van der Waals surface area contributed by atoms with E-state index in [2.05, 4.69) is 0 Å². The van der Waals surface area contributed by atoms with E-state index in [-0.39, 0.29) is 26.1 Å². The number of hydrogen-bond donors (Lipinski definition) is 0. The van der Waals surface area contributed by atoms with Gasteiger partial charge in [-0.2, -0.15) is 0 Å². The highest BCUT2D eigenvalue weighted by Crippen LogP contribution is 2.58. The van der Waals surface area contributed by atoms with Crippen molar-refractivity contribution >= 4 is 24.9 Å². The number of nitrogens with zero attached hydrogens (tertiary/aromatic N) is 1. The lowest BCUT2D eigenvalue weighted by Gasteiger charge is -2.38. The average Bonchev–Trinajstić information content (AvgIpc) is 2.78. The third-order valence-corrected chi connectivity index (χ3v) is 7.34. The van der Waals surface area contributed by atoms with E-state index >= 15 is 0 Å². The summed E-state index contributed by atoms with van der Waals surface area (Å²) in [5.41, 5.74) is 2.44. The Kier molecular flexibility index (Phi) is 8.69. The molecule has 2 aliphatic rings. The number of carbonyl (C=O) groups excluding carboxylic acids is 1. The van der Waals surface area contributed by atoms with Crippen molar-refractivity contribution in [2.24, 2.45) is 0 Å². The Morgan fingerprint density at radius 2 is 1.77 bits per heavy atom. The first-order valence-corrected chi connectivity index (χ1v) is 12.5. The molecule has 2 aliphatic heterocycles. The van der Waals surface area contributed by atoms with E-state index < -0.39 is 19.5 Å². The second-order valence-electron chi connectivity index (χ2n) is 7.13. The van der Waals surface area contributed by atoms with Gasteiger partial charge in [0.15, 0.2) is 12.1 Å². The van der Waals surface area contributed by atoms with Crippen molar-refractivity contribution in [1.82, 2.24) is 0 Å². The number of anilines is 1. The van der Waals surface area contributed by atoms with E-state index in [1.54, 1.807) is 20.8 Å². The van der Waals surface area contributed by atoms with Gasteiger partial charge in [0.05, 0.1) is 38.7 Å². The smallest absolute Gasteiger partial charge is 0.415 e. The largest absolute Gasteiger partial charge is 0.449 e. The third-order valence-electron chi connectivity index (χ3n) is 5.08. The third kappa shape index (κ3) is 5.57. The number of rotatable bonds is 9. The molecule has 172 valence electrons. The number of ether oxygens (including phenoxy) is 3. The van der Waals surface area contributed by atoms with Crippen LogP contribution in [0.1, 0.15) is 45.6 Å². The van der Waals surface area contributed by atoms with Crippen molar-refractivity contribution in [3.63, 3.8) is 0 Å². The maximum atomic E-state index is 13.8. The number of allylic oxidation sites excluding steroid dienone is 1. The SMILES string of the molecule is CCOC(=O)N1c2ccccc2C(CCC2OCCCO2)=CC1P(=O)(OCC)OCC. The Hall–Kier alpha value is -1.70. The normalized spacial score (nSPS) is 19.6.